The number of carbonyl (C=O) groups excluding carboxylic acids is 1. The fourth-order valence-electron chi connectivity index (χ4n) is 2.93. The molecule has 2 N–H and O–H groups in total. The molecule has 4 rings (SSSR count). The lowest BCUT2D eigenvalue weighted by molar-refractivity contribution is 0.0997. The van der Waals surface area contributed by atoms with E-state index in [2.05, 4.69) is 51.8 Å². The molecule has 8 nitrogen and oxygen atoms in total. The molecule has 0 atom stereocenters. The highest BCUT2D eigenvalue weighted by Gasteiger charge is 2.20. The molecule has 1 fully saturated rings. The number of anilines is 2. The Balaban J connectivity index is 1.42. The van der Waals surface area contributed by atoms with E-state index in [4.69, 9.17) is 4.42 Å². The van der Waals surface area contributed by atoms with Crippen molar-refractivity contribution in [2.45, 2.75) is 19.8 Å². The molecule has 146 valence electrons. The molecule has 0 saturated carbocycles. The Hall–Kier alpha value is -2.78. The average Bonchev–Trinajstić information content (AvgIpc) is 3.39. The predicted octanol–water partition coefficient (Wildman–Crippen LogP) is 2.98. The van der Waals surface area contributed by atoms with Gasteiger partial charge in [0.25, 0.3) is 11.9 Å². The van der Waals surface area contributed by atoms with E-state index in [0.717, 1.165) is 36.8 Å². The molecule has 3 aromatic rings. The van der Waals surface area contributed by atoms with Gasteiger partial charge < -0.3 is 14.6 Å². The lowest BCUT2D eigenvalue weighted by Crippen LogP contribution is -2.43. The van der Waals surface area contributed by atoms with E-state index in [9.17, 15) is 4.79 Å². The smallest absolute Gasteiger partial charge is 0.298 e. The molecular weight excluding hydrogens is 376 g/mol. The van der Waals surface area contributed by atoms with Crippen LogP contribution in [0.3, 0.4) is 0 Å². The Morgan fingerprint density at radius 2 is 1.96 bits per heavy atom. The van der Waals surface area contributed by atoms with Gasteiger partial charge >= 0.3 is 0 Å². The van der Waals surface area contributed by atoms with E-state index in [1.807, 2.05) is 17.0 Å². The number of hydrogen-bond acceptors (Lipinski definition) is 8. The third kappa shape index (κ3) is 4.05. The summed E-state index contributed by atoms with van der Waals surface area (Å²) in [7, 11) is 0. The van der Waals surface area contributed by atoms with E-state index in [0.29, 0.717) is 17.1 Å². The number of carbonyl (C=O) groups is 1. The first kappa shape index (κ1) is 18.6. The number of amides is 1. The van der Waals surface area contributed by atoms with Gasteiger partial charge in [-0.1, -0.05) is 49.4 Å². The number of benzene rings is 1. The van der Waals surface area contributed by atoms with E-state index >= 15 is 0 Å². The summed E-state index contributed by atoms with van der Waals surface area (Å²) in [4.78, 5) is 18.7. The summed E-state index contributed by atoms with van der Waals surface area (Å²) < 4.78 is 5.62. The first-order valence-electron chi connectivity index (χ1n) is 9.27. The Morgan fingerprint density at radius 3 is 2.68 bits per heavy atom. The van der Waals surface area contributed by atoms with E-state index in [1.54, 1.807) is 0 Å². The van der Waals surface area contributed by atoms with Crippen LogP contribution in [0.2, 0.25) is 0 Å². The molecule has 3 heterocycles. The fourth-order valence-corrected chi connectivity index (χ4v) is 3.68. The molecule has 1 aromatic carbocycles. The number of nitrogens with one attached hydrogen (secondary N) is 2. The topological polar surface area (TPSA) is 96.2 Å². The largest absolute Gasteiger partial charge is 0.418 e. The third-order valence-electron chi connectivity index (χ3n) is 4.57. The Bertz CT molecular complexity index is 944. The van der Waals surface area contributed by atoms with Gasteiger partial charge in [-0.25, -0.2) is 4.98 Å². The van der Waals surface area contributed by atoms with Crippen LogP contribution in [-0.2, 0) is 0 Å². The highest BCUT2D eigenvalue weighted by atomic mass is 32.1. The molecule has 0 spiro atoms. The third-order valence-corrected chi connectivity index (χ3v) is 5.46. The van der Waals surface area contributed by atoms with Crippen molar-refractivity contribution in [3.63, 3.8) is 0 Å². The number of rotatable bonds is 5. The summed E-state index contributed by atoms with van der Waals surface area (Å²) in [5.74, 6) is 0.254. The molecule has 0 unspecified atom stereocenters. The molecule has 1 amide bonds. The van der Waals surface area contributed by atoms with Crippen LogP contribution >= 0.6 is 11.3 Å². The molecule has 1 saturated heterocycles. The minimum Gasteiger partial charge on any atom is -0.418 e. The van der Waals surface area contributed by atoms with Crippen LogP contribution in [0.5, 0.6) is 0 Å². The second kappa shape index (κ2) is 8.07. The summed E-state index contributed by atoms with van der Waals surface area (Å²) >= 11 is 1.32. The molecule has 1 aliphatic rings. The summed E-state index contributed by atoms with van der Waals surface area (Å²) in [5, 5.41) is 15.4. The minimum atomic E-state index is -0.383. The van der Waals surface area contributed by atoms with E-state index < -0.39 is 0 Å². The van der Waals surface area contributed by atoms with Crippen molar-refractivity contribution in [3.05, 3.63) is 41.8 Å². The van der Waals surface area contributed by atoms with Crippen molar-refractivity contribution in [2.24, 2.45) is 0 Å². The Kier molecular flexibility index (Phi) is 5.36. The van der Waals surface area contributed by atoms with Crippen LogP contribution in [0, 0.1) is 0 Å². The van der Waals surface area contributed by atoms with Crippen molar-refractivity contribution in [3.8, 4) is 10.6 Å². The highest BCUT2D eigenvalue weighted by molar-refractivity contribution is 7.18. The number of piperazine rings is 1. The fraction of sp³-hybridized carbons (Fsp3) is 0.368. The minimum absolute atomic E-state index is 0.159. The normalized spacial score (nSPS) is 14.5. The maximum Gasteiger partial charge on any atom is 0.298 e. The number of aromatic nitrogens is 3. The molecule has 0 aliphatic carbocycles. The van der Waals surface area contributed by atoms with Crippen molar-refractivity contribution < 1.29 is 9.21 Å². The van der Waals surface area contributed by atoms with Crippen LogP contribution in [-0.4, -0.2) is 47.3 Å². The van der Waals surface area contributed by atoms with Gasteiger partial charge in [-0.15, -0.1) is 10.2 Å². The van der Waals surface area contributed by atoms with Gasteiger partial charge in [-0.2, -0.15) is 0 Å². The van der Waals surface area contributed by atoms with Crippen molar-refractivity contribution in [1.82, 2.24) is 20.5 Å². The van der Waals surface area contributed by atoms with Gasteiger partial charge in [0.05, 0.1) is 6.20 Å². The van der Waals surface area contributed by atoms with E-state index in [-0.39, 0.29) is 11.7 Å². The number of oxazole rings is 1. The standard InChI is InChI=1S/C19H22N6O2S/c1-12(2)13-3-5-14(6-4-13)17-23-24-18(28-17)22-16(26)15-11-21-19(27-15)25-9-7-20-8-10-25/h3-6,11-12,20H,7-10H2,1-2H3,(H,22,24,26). The monoisotopic (exact) mass is 398 g/mol. The number of nitrogens with zero attached hydrogens (tertiary/aromatic N) is 4. The second-order valence-electron chi connectivity index (χ2n) is 6.89. The lowest BCUT2D eigenvalue weighted by atomic mass is 10.0. The highest BCUT2D eigenvalue weighted by Crippen LogP contribution is 2.28. The summed E-state index contributed by atoms with van der Waals surface area (Å²) in [6, 6.07) is 8.70. The van der Waals surface area contributed by atoms with Crippen LogP contribution in [0.4, 0.5) is 11.1 Å². The van der Waals surface area contributed by atoms with Crippen LogP contribution in [0.1, 0.15) is 35.9 Å². The zero-order valence-corrected chi connectivity index (χ0v) is 16.6. The molecule has 28 heavy (non-hydrogen) atoms. The van der Waals surface area contributed by atoms with Crippen molar-refractivity contribution >= 4 is 28.4 Å². The molecule has 0 bridgehead atoms. The Labute approximate surface area is 167 Å². The van der Waals surface area contributed by atoms with Crippen LogP contribution in [0.25, 0.3) is 10.6 Å². The van der Waals surface area contributed by atoms with Gasteiger partial charge in [0.2, 0.25) is 10.9 Å². The van der Waals surface area contributed by atoms with Crippen LogP contribution < -0.4 is 15.5 Å². The predicted molar refractivity (Wildman–Crippen MR) is 109 cm³/mol. The van der Waals surface area contributed by atoms with Crippen LogP contribution in [0.15, 0.2) is 34.9 Å². The van der Waals surface area contributed by atoms with E-state index in [1.165, 1.54) is 23.1 Å². The van der Waals surface area contributed by atoms with Crippen molar-refractivity contribution in [1.29, 1.82) is 0 Å². The lowest BCUT2D eigenvalue weighted by Gasteiger charge is -2.25. The zero-order valence-electron chi connectivity index (χ0n) is 15.8. The van der Waals surface area contributed by atoms with Gasteiger partial charge in [-0.05, 0) is 11.5 Å². The quantitative estimate of drug-likeness (QED) is 0.682. The zero-order chi connectivity index (χ0) is 19.5. The molecule has 0 radical (unpaired) electrons. The van der Waals surface area contributed by atoms with Gasteiger partial charge in [0.15, 0.2) is 0 Å². The molecule has 2 aromatic heterocycles. The number of hydrogen-bond donors (Lipinski definition) is 2. The molecule has 1 aliphatic heterocycles. The summed E-state index contributed by atoms with van der Waals surface area (Å²) in [5.41, 5.74) is 2.25. The van der Waals surface area contributed by atoms with Gasteiger partial charge in [0.1, 0.15) is 5.01 Å². The maximum atomic E-state index is 12.4. The molecular formula is C19H22N6O2S. The van der Waals surface area contributed by atoms with Gasteiger partial charge in [-0.3, -0.25) is 10.1 Å². The van der Waals surface area contributed by atoms with Gasteiger partial charge in [0, 0.05) is 31.7 Å². The first-order valence-corrected chi connectivity index (χ1v) is 10.1. The average molecular weight is 398 g/mol. The maximum absolute atomic E-state index is 12.4. The Morgan fingerprint density at radius 1 is 1.21 bits per heavy atom. The second-order valence-corrected chi connectivity index (χ2v) is 7.86. The SMILES string of the molecule is CC(C)c1ccc(-c2nnc(NC(=O)c3cnc(N4CCNCC4)o3)s2)cc1. The summed E-state index contributed by atoms with van der Waals surface area (Å²) in [6.07, 6.45) is 1.44. The first-order chi connectivity index (χ1) is 13.6. The summed E-state index contributed by atoms with van der Waals surface area (Å²) in [6.45, 7) is 7.66. The van der Waals surface area contributed by atoms with Crippen molar-refractivity contribution in [2.75, 3.05) is 36.4 Å². The molecule has 9 heteroatoms.